The fraction of sp³-hybridized carbons (Fsp3) is 0.333. The Bertz CT molecular complexity index is 1770. The summed E-state index contributed by atoms with van der Waals surface area (Å²) in [6, 6.07) is 17.7. The fourth-order valence-corrected chi connectivity index (χ4v) is 7.67. The lowest BCUT2D eigenvalue weighted by Gasteiger charge is -2.49. The van der Waals surface area contributed by atoms with Gasteiger partial charge in [-0.3, -0.25) is 14.4 Å². The van der Waals surface area contributed by atoms with E-state index in [2.05, 4.69) is 10.2 Å². The summed E-state index contributed by atoms with van der Waals surface area (Å²) in [4.78, 5) is 35.4. The van der Waals surface area contributed by atoms with E-state index in [4.69, 9.17) is 21.6 Å². The van der Waals surface area contributed by atoms with E-state index in [-0.39, 0.29) is 17.4 Å². The number of carbonyl (C=O) groups excluding carboxylic acids is 2. The Labute approximate surface area is 261 Å². The molecule has 0 spiro atoms. The van der Waals surface area contributed by atoms with E-state index >= 15 is 0 Å². The van der Waals surface area contributed by atoms with Gasteiger partial charge >= 0.3 is 0 Å². The number of benzene rings is 3. The van der Waals surface area contributed by atoms with Gasteiger partial charge in [-0.05, 0) is 59.9 Å². The second-order valence-corrected chi connectivity index (χ2v) is 14.8. The molecule has 4 N–H and O–H groups in total. The van der Waals surface area contributed by atoms with Crippen molar-refractivity contribution in [3.8, 4) is 0 Å². The molecule has 4 atom stereocenters. The number of rotatable bonds is 9. The van der Waals surface area contributed by atoms with Gasteiger partial charge in [0.15, 0.2) is 0 Å². The molecule has 3 aromatic rings. The molecule has 0 radical (unpaired) electrons. The summed E-state index contributed by atoms with van der Waals surface area (Å²) in [6.07, 6.45) is 3.74. The number of nitrogens with one attached hydrogen (secondary N) is 2. The Morgan fingerprint density at radius 2 is 1.70 bits per heavy atom. The lowest BCUT2D eigenvalue weighted by molar-refractivity contribution is -0.138. The van der Waals surface area contributed by atoms with E-state index < -0.39 is 50.0 Å². The number of amides is 2. The number of hydrogen-bond donors (Lipinski definition) is 3. The Morgan fingerprint density at radius 3 is 2.41 bits per heavy atom. The number of hydroxylamine groups is 1. The van der Waals surface area contributed by atoms with Gasteiger partial charge in [0.1, 0.15) is 0 Å². The molecule has 11 nitrogen and oxygen atoms in total. The van der Waals surface area contributed by atoms with Gasteiger partial charge in [-0.1, -0.05) is 66.9 Å². The SMILES string of the molecule is CS(=O)(=O)N[C@H]1CCCC[C@@H]1N1C(=O)c2ccccc2[C@@H](C(=O)NOCc2cccc(S(N)(=O)=O)c2)[C@@H]1c1ccc(Cl)cc1. The summed E-state index contributed by atoms with van der Waals surface area (Å²) in [5.74, 6) is -1.79. The van der Waals surface area contributed by atoms with E-state index in [1.54, 1.807) is 59.5 Å². The van der Waals surface area contributed by atoms with Crippen LogP contribution in [0.1, 0.15) is 64.7 Å². The third-order valence-corrected chi connectivity index (χ3v) is 9.85. The number of sulfonamides is 2. The number of hydrogen-bond acceptors (Lipinski definition) is 7. The van der Waals surface area contributed by atoms with Crippen molar-refractivity contribution in [1.82, 2.24) is 15.1 Å². The van der Waals surface area contributed by atoms with Crippen LogP contribution in [0.4, 0.5) is 0 Å². The molecular weight excluding hydrogens is 628 g/mol. The predicted molar refractivity (Wildman–Crippen MR) is 164 cm³/mol. The van der Waals surface area contributed by atoms with E-state index in [0.717, 1.165) is 19.1 Å². The zero-order chi connectivity index (χ0) is 31.6. The van der Waals surface area contributed by atoms with Crippen LogP contribution in [0.2, 0.25) is 5.02 Å². The fourth-order valence-electron chi connectivity index (χ4n) is 6.14. The van der Waals surface area contributed by atoms with Crippen molar-refractivity contribution in [3.05, 3.63) is 100 Å². The van der Waals surface area contributed by atoms with Crippen LogP contribution in [-0.4, -0.2) is 51.9 Å². The highest BCUT2D eigenvalue weighted by molar-refractivity contribution is 7.89. The van der Waals surface area contributed by atoms with Crippen molar-refractivity contribution in [3.63, 3.8) is 0 Å². The summed E-state index contributed by atoms with van der Waals surface area (Å²) < 4.78 is 50.9. The molecule has 1 aliphatic carbocycles. The minimum absolute atomic E-state index is 0.0900. The lowest BCUT2D eigenvalue weighted by Crippen LogP contribution is -2.59. The molecule has 44 heavy (non-hydrogen) atoms. The van der Waals surface area contributed by atoms with Crippen LogP contribution in [-0.2, 0) is 36.3 Å². The minimum atomic E-state index is -3.93. The average molecular weight is 661 g/mol. The Morgan fingerprint density at radius 1 is 1.00 bits per heavy atom. The van der Waals surface area contributed by atoms with Crippen molar-refractivity contribution in [2.24, 2.45) is 5.14 Å². The van der Waals surface area contributed by atoms with Crippen molar-refractivity contribution in [1.29, 1.82) is 0 Å². The Balaban J connectivity index is 1.53. The molecule has 2 aliphatic rings. The van der Waals surface area contributed by atoms with Gasteiger partial charge in [0.25, 0.3) is 11.8 Å². The van der Waals surface area contributed by atoms with Crippen molar-refractivity contribution in [2.45, 2.75) is 61.2 Å². The average Bonchev–Trinajstić information content (AvgIpc) is 2.97. The molecule has 0 saturated heterocycles. The first-order valence-corrected chi connectivity index (χ1v) is 17.8. The molecule has 0 unspecified atom stereocenters. The summed E-state index contributed by atoms with van der Waals surface area (Å²) in [6.45, 7) is -0.152. The van der Waals surface area contributed by atoms with Crippen molar-refractivity contribution >= 4 is 43.5 Å². The highest BCUT2D eigenvalue weighted by atomic mass is 35.5. The number of carbonyl (C=O) groups is 2. The highest BCUT2D eigenvalue weighted by Gasteiger charge is 2.49. The van der Waals surface area contributed by atoms with Crippen LogP contribution < -0.4 is 15.3 Å². The quantitative estimate of drug-likeness (QED) is 0.296. The van der Waals surface area contributed by atoms with Crippen molar-refractivity contribution < 1.29 is 31.3 Å². The summed E-state index contributed by atoms with van der Waals surface area (Å²) >= 11 is 6.20. The summed E-state index contributed by atoms with van der Waals surface area (Å²) in [7, 11) is -7.52. The maximum absolute atomic E-state index is 14.3. The number of halogens is 1. The summed E-state index contributed by atoms with van der Waals surface area (Å²) in [5, 5.41) is 5.71. The Hall–Kier alpha value is -3.33. The molecular formula is C30H33ClN4O7S2. The molecule has 5 rings (SSSR count). The first-order chi connectivity index (χ1) is 20.8. The molecule has 0 bridgehead atoms. The van der Waals surface area contributed by atoms with E-state index in [9.17, 15) is 26.4 Å². The molecule has 1 heterocycles. The zero-order valence-electron chi connectivity index (χ0n) is 23.8. The minimum Gasteiger partial charge on any atom is -0.326 e. The molecule has 14 heteroatoms. The van der Waals surface area contributed by atoms with Crippen LogP contribution in [0.3, 0.4) is 0 Å². The Kier molecular flexibility index (Phi) is 9.44. The molecule has 1 saturated carbocycles. The van der Waals surface area contributed by atoms with Crippen molar-refractivity contribution in [2.75, 3.05) is 6.26 Å². The molecule has 234 valence electrons. The maximum atomic E-state index is 14.3. The van der Waals surface area contributed by atoms with Gasteiger partial charge in [-0.15, -0.1) is 0 Å². The third kappa shape index (κ3) is 7.14. The third-order valence-electron chi connectivity index (χ3n) is 7.96. The van der Waals surface area contributed by atoms with Gasteiger partial charge in [0, 0.05) is 22.7 Å². The van der Waals surface area contributed by atoms with E-state index in [0.29, 0.717) is 40.1 Å². The standard InChI is InChI=1S/C30H33ClN4O7S2/c1-43(38,39)34-25-11-4-5-12-26(25)35-28(20-13-15-21(31)16-14-20)27(23-9-2-3-10-24(23)30(35)37)29(36)33-42-18-19-7-6-8-22(17-19)44(32,40)41/h2-3,6-10,13-17,25-28,34H,4-5,11-12,18H2,1H3,(H,33,36)(H2,32,40,41)/t25-,26-,27+,28-/m0/s1. The normalized spacial score (nSPS) is 22.3. The second kappa shape index (κ2) is 13.0. The van der Waals surface area contributed by atoms with Gasteiger partial charge in [0.05, 0.1) is 29.7 Å². The van der Waals surface area contributed by atoms with Gasteiger partial charge in [-0.2, -0.15) is 0 Å². The first kappa shape index (κ1) is 32.1. The van der Waals surface area contributed by atoms with Gasteiger partial charge < -0.3 is 4.90 Å². The number of nitrogens with zero attached hydrogens (tertiary/aromatic N) is 1. The molecule has 1 aliphatic heterocycles. The summed E-state index contributed by atoms with van der Waals surface area (Å²) in [5.41, 5.74) is 4.44. The zero-order valence-corrected chi connectivity index (χ0v) is 26.2. The highest BCUT2D eigenvalue weighted by Crippen LogP contribution is 2.46. The molecule has 2 amide bonds. The number of nitrogens with two attached hydrogens (primary N) is 1. The van der Waals surface area contributed by atoms with Gasteiger partial charge in [0.2, 0.25) is 20.0 Å². The van der Waals surface area contributed by atoms with Crippen LogP contribution in [0.15, 0.2) is 77.7 Å². The molecule has 1 fully saturated rings. The first-order valence-electron chi connectivity index (χ1n) is 14.0. The monoisotopic (exact) mass is 660 g/mol. The van der Waals surface area contributed by atoms with Crippen LogP contribution in [0.25, 0.3) is 0 Å². The second-order valence-electron chi connectivity index (χ2n) is 11.1. The van der Waals surface area contributed by atoms with Gasteiger partial charge in [-0.25, -0.2) is 32.2 Å². The number of primary sulfonamides is 1. The predicted octanol–water partition coefficient (Wildman–Crippen LogP) is 3.38. The van der Waals surface area contributed by atoms with E-state index in [1.807, 2.05) is 0 Å². The topological polar surface area (TPSA) is 165 Å². The molecule has 3 aromatic carbocycles. The van der Waals surface area contributed by atoms with Crippen LogP contribution in [0.5, 0.6) is 0 Å². The van der Waals surface area contributed by atoms with Crippen LogP contribution >= 0.6 is 11.6 Å². The smallest absolute Gasteiger partial charge is 0.255 e. The van der Waals surface area contributed by atoms with Crippen LogP contribution in [0, 0.1) is 0 Å². The maximum Gasteiger partial charge on any atom is 0.255 e. The molecule has 0 aromatic heterocycles. The lowest BCUT2D eigenvalue weighted by atomic mass is 9.76. The van der Waals surface area contributed by atoms with E-state index in [1.165, 1.54) is 18.2 Å². The number of fused-ring (bicyclic) bond motifs is 1. The largest absolute Gasteiger partial charge is 0.326 e.